The molecule has 1 atom stereocenters. The molecule has 0 aromatic heterocycles. The number of nitrogens with zero attached hydrogens (tertiary/aromatic N) is 2. The van der Waals surface area contributed by atoms with Crippen molar-refractivity contribution in [3.63, 3.8) is 0 Å². The second kappa shape index (κ2) is 7.64. The van der Waals surface area contributed by atoms with Crippen LogP contribution in [-0.4, -0.2) is 17.6 Å². The van der Waals surface area contributed by atoms with Gasteiger partial charge in [0.2, 0.25) is 10.8 Å². The highest BCUT2D eigenvalue weighted by Crippen LogP contribution is 2.56. The molecule has 0 radical (unpaired) electrons. The normalized spacial score (nSPS) is 19.9. The van der Waals surface area contributed by atoms with E-state index >= 15 is 0 Å². The Morgan fingerprint density at radius 1 is 1.03 bits per heavy atom. The van der Waals surface area contributed by atoms with E-state index in [1.54, 1.807) is 15.9 Å². The van der Waals surface area contributed by atoms with Gasteiger partial charge in [-0.15, -0.1) is 11.8 Å². The van der Waals surface area contributed by atoms with Crippen LogP contribution in [0.3, 0.4) is 0 Å². The largest absolute Gasteiger partial charge is 0.304 e. The number of fused-ring (bicyclic) bond motifs is 2. The van der Waals surface area contributed by atoms with Crippen molar-refractivity contribution in [2.24, 2.45) is 0 Å². The number of halogens is 2. The first kappa shape index (κ1) is 21.0. The summed E-state index contributed by atoms with van der Waals surface area (Å²) < 4.78 is 14.6. The second-order valence-corrected chi connectivity index (χ2v) is 9.69. The van der Waals surface area contributed by atoms with Crippen molar-refractivity contribution in [2.75, 3.05) is 15.6 Å². The topological polar surface area (TPSA) is 40.6 Å². The first-order valence-corrected chi connectivity index (χ1v) is 11.6. The average molecular weight is 467 g/mol. The van der Waals surface area contributed by atoms with Gasteiger partial charge in [-0.2, -0.15) is 0 Å². The summed E-state index contributed by atoms with van der Waals surface area (Å²) >= 11 is 7.58. The van der Waals surface area contributed by atoms with Gasteiger partial charge in [0.25, 0.3) is 5.91 Å². The molecule has 0 saturated carbocycles. The summed E-state index contributed by atoms with van der Waals surface area (Å²) in [7, 11) is 0. The first-order chi connectivity index (χ1) is 15.3. The van der Waals surface area contributed by atoms with Gasteiger partial charge in [-0.25, -0.2) is 4.39 Å². The van der Waals surface area contributed by atoms with Gasteiger partial charge >= 0.3 is 0 Å². The molecule has 0 N–H and O–H groups in total. The van der Waals surface area contributed by atoms with Crippen LogP contribution in [0.2, 0.25) is 5.02 Å². The second-order valence-electron chi connectivity index (χ2n) is 8.12. The summed E-state index contributed by atoms with van der Waals surface area (Å²) in [4.78, 5) is 29.1. The Balaban J connectivity index is 1.67. The lowest BCUT2D eigenvalue weighted by Crippen LogP contribution is -2.49. The maximum absolute atomic E-state index is 14.6. The molecule has 3 aromatic carbocycles. The Bertz CT molecular complexity index is 1240. The number of hydrogen-bond acceptors (Lipinski definition) is 3. The molecule has 2 heterocycles. The van der Waals surface area contributed by atoms with Crippen LogP contribution in [0.5, 0.6) is 0 Å². The summed E-state index contributed by atoms with van der Waals surface area (Å²) in [5.41, 5.74) is 4.34. The molecule has 32 heavy (non-hydrogen) atoms. The lowest BCUT2D eigenvalue weighted by Gasteiger charge is -2.33. The lowest BCUT2D eigenvalue weighted by atomic mass is 10.0. The molecular weight excluding hydrogens is 447 g/mol. The molecule has 2 aliphatic heterocycles. The van der Waals surface area contributed by atoms with E-state index in [9.17, 15) is 14.0 Å². The zero-order chi connectivity index (χ0) is 22.6. The van der Waals surface area contributed by atoms with E-state index < -0.39 is 10.7 Å². The maximum Gasteiger partial charge on any atom is 0.269 e. The minimum Gasteiger partial charge on any atom is -0.304 e. The van der Waals surface area contributed by atoms with Crippen LogP contribution in [0.4, 0.5) is 15.8 Å². The predicted octanol–water partition coefficient (Wildman–Crippen LogP) is 5.58. The van der Waals surface area contributed by atoms with Gasteiger partial charge in [-0.3, -0.25) is 14.5 Å². The minimum atomic E-state index is -1.23. The van der Waals surface area contributed by atoms with E-state index in [4.69, 9.17) is 11.6 Å². The molecule has 5 rings (SSSR count). The van der Waals surface area contributed by atoms with Gasteiger partial charge in [0.05, 0.1) is 18.0 Å². The third kappa shape index (κ3) is 3.05. The van der Waals surface area contributed by atoms with Crippen LogP contribution < -0.4 is 9.80 Å². The molecule has 3 aromatic rings. The number of amides is 2. The van der Waals surface area contributed by atoms with E-state index in [0.29, 0.717) is 11.4 Å². The zero-order valence-electron chi connectivity index (χ0n) is 17.6. The SMILES string of the molecule is Cc1cc(C)cc(N2C(=O)CS[C@@]23C(=O)N(Cc2c(F)cccc2Cl)c2ccccc23)c1. The van der Waals surface area contributed by atoms with Crippen molar-refractivity contribution in [2.45, 2.75) is 25.3 Å². The van der Waals surface area contributed by atoms with Gasteiger partial charge in [-0.1, -0.05) is 41.9 Å². The molecule has 4 nitrogen and oxygen atoms in total. The third-order valence-electron chi connectivity index (χ3n) is 5.91. The number of hydrogen-bond donors (Lipinski definition) is 0. The maximum atomic E-state index is 14.6. The molecule has 2 aliphatic rings. The van der Waals surface area contributed by atoms with Gasteiger partial charge in [0.15, 0.2) is 0 Å². The smallest absolute Gasteiger partial charge is 0.269 e. The fourth-order valence-corrected chi connectivity index (χ4v) is 6.22. The molecule has 0 bridgehead atoms. The summed E-state index contributed by atoms with van der Waals surface area (Å²) in [6, 6.07) is 17.8. The number of carbonyl (C=O) groups excluding carboxylic acids is 2. The van der Waals surface area contributed by atoms with E-state index in [2.05, 4.69) is 0 Å². The van der Waals surface area contributed by atoms with Crippen LogP contribution in [0.25, 0.3) is 0 Å². The molecular formula is C25H20ClFN2O2S. The summed E-state index contributed by atoms with van der Waals surface area (Å²) in [6.07, 6.45) is 0. The van der Waals surface area contributed by atoms with E-state index in [1.807, 2.05) is 56.3 Å². The zero-order valence-corrected chi connectivity index (χ0v) is 19.1. The van der Waals surface area contributed by atoms with Gasteiger partial charge in [-0.05, 0) is 55.3 Å². The van der Waals surface area contributed by atoms with Crippen molar-refractivity contribution in [3.05, 3.63) is 93.8 Å². The van der Waals surface area contributed by atoms with Crippen LogP contribution in [-0.2, 0) is 21.0 Å². The molecule has 1 saturated heterocycles. The molecule has 7 heteroatoms. The number of benzene rings is 3. The van der Waals surface area contributed by atoms with Crippen molar-refractivity contribution >= 4 is 46.6 Å². The standard InChI is InChI=1S/C25H20ClFN2O2S/c1-15-10-16(2)12-17(11-15)29-23(30)14-32-25(29)19-6-3-4-9-22(19)28(24(25)31)13-18-20(26)7-5-8-21(18)27/h3-12H,13-14H2,1-2H3/t25-/m0/s1. The van der Waals surface area contributed by atoms with Gasteiger partial charge in [0.1, 0.15) is 5.82 Å². The monoisotopic (exact) mass is 466 g/mol. The highest BCUT2D eigenvalue weighted by Gasteiger charge is 2.61. The highest BCUT2D eigenvalue weighted by molar-refractivity contribution is 8.02. The molecule has 0 unspecified atom stereocenters. The van der Waals surface area contributed by atoms with E-state index in [1.165, 1.54) is 23.9 Å². The molecule has 162 valence electrons. The van der Waals surface area contributed by atoms with Crippen molar-refractivity contribution < 1.29 is 14.0 Å². The van der Waals surface area contributed by atoms with Crippen molar-refractivity contribution in [3.8, 4) is 0 Å². The summed E-state index contributed by atoms with van der Waals surface area (Å²) in [5.74, 6) is -0.687. The Labute approximate surface area is 195 Å². The number of rotatable bonds is 3. The lowest BCUT2D eigenvalue weighted by molar-refractivity contribution is -0.123. The average Bonchev–Trinajstić information content (AvgIpc) is 3.21. The molecule has 1 spiro atoms. The number of carbonyl (C=O) groups is 2. The van der Waals surface area contributed by atoms with Crippen molar-refractivity contribution in [1.29, 1.82) is 0 Å². The number of anilines is 2. The summed E-state index contributed by atoms with van der Waals surface area (Å²) in [5, 5.41) is 0.262. The highest BCUT2D eigenvalue weighted by atomic mass is 35.5. The quantitative estimate of drug-likeness (QED) is 0.506. The predicted molar refractivity (Wildman–Crippen MR) is 127 cm³/mol. The first-order valence-electron chi connectivity index (χ1n) is 10.2. The van der Waals surface area contributed by atoms with E-state index in [-0.39, 0.29) is 34.7 Å². The van der Waals surface area contributed by atoms with Crippen LogP contribution in [0.1, 0.15) is 22.3 Å². The van der Waals surface area contributed by atoms with Gasteiger partial charge in [0, 0.05) is 21.8 Å². The fourth-order valence-electron chi connectivity index (χ4n) is 4.63. The van der Waals surface area contributed by atoms with E-state index in [0.717, 1.165) is 16.7 Å². The minimum absolute atomic E-state index is 0.0153. The number of para-hydroxylation sites is 1. The van der Waals surface area contributed by atoms with Crippen molar-refractivity contribution in [1.82, 2.24) is 0 Å². The molecule has 2 amide bonds. The number of aryl methyl sites for hydroxylation is 2. The van der Waals surface area contributed by atoms with Crippen LogP contribution >= 0.6 is 23.4 Å². The third-order valence-corrected chi connectivity index (χ3v) is 7.65. The van der Waals surface area contributed by atoms with Crippen LogP contribution in [0, 0.1) is 19.7 Å². The summed E-state index contributed by atoms with van der Waals surface area (Å²) in [6.45, 7) is 3.92. The Morgan fingerprint density at radius 2 is 1.75 bits per heavy atom. The Morgan fingerprint density at radius 3 is 2.47 bits per heavy atom. The van der Waals surface area contributed by atoms with Crippen LogP contribution in [0.15, 0.2) is 60.7 Å². The molecule has 1 fully saturated rings. The number of thioether (sulfide) groups is 1. The Hall–Kier alpha value is -2.83. The molecule has 0 aliphatic carbocycles. The van der Waals surface area contributed by atoms with Gasteiger partial charge < -0.3 is 4.90 Å². The fraction of sp³-hybridized carbons (Fsp3) is 0.200. The Kier molecular flexibility index (Phi) is 5.02.